The Balaban J connectivity index is 2.28. The molecule has 0 saturated heterocycles. The van der Waals surface area contributed by atoms with Crippen molar-refractivity contribution in [1.29, 1.82) is 0 Å². The Hall–Kier alpha value is -0.0900. The van der Waals surface area contributed by atoms with Crippen molar-refractivity contribution >= 4 is 0 Å². The molecule has 1 aromatic rings. The Labute approximate surface area is 78.6 Å². The molecule has 1 rings (SSSR count). The van der Waals surface area contributed by atoms with E-state index >= 15 is 0 Å². The molecule has 1 nitrogen and oxygen atoms in total. The molecule has 0 bridgehead atoms. The van der Waals surface area contributed by atoms with E-state index in [4.69, 9.17) is 3.07 Å². The number of benzene rings is 1. The zero-order valence-corrected chi connectivity index (χ0v) is 8.74. The van der Waals surface area contributed by atoms with Crippen LogP contribution in [0.25, 0.3) is 0 Å². The van der Waals surface area contributed by atoms with Gasteiger partial charge in [-0.3, -0.25) is 0 Å². The first-order chi connectivity index (χ1) is 5.43. The van der Waals surface area contributed by atoms with Gasteiger partial charge in [0.05, 0.1) is 0 Å². The third-order valence-electron chi connectivity index (χ3n) is 1.42. The SMILES string of the molecule is C[I-]OCCc1ccccc1. The molecule has 62 valence electrons. The molecule has 1 aromatic carbocycles. The molecular weight excluding hydrogens is 251 g/mol. The molecule has 0 amide bonds. The first kappa shape index (κ1) is 9.00. The van der Waals surface area contributed by atoms with Crippen LogP contribution in [0.3, 0.4) is 0 Å². The first-order valence-electron chi connectivity index (χ1n) is 3.59. The second-order valence-electron chi connectivity index (χ2n) is 2.20. The molecule has 0 aliphatic carbocycles. The molecule has 0 heterocycles. The van der Waals surface area contributed by atoms with E-state index in [9.17, 15) is 0 Å². The number of alkyl halides is 1. The Kier molecular flexibility index (Phi) is 4.54. The van der Waals surface area contributed by atoms with E-state index < -0.39 is 0 Å². The van der Waals surface area contributed by atoms with Crippen molar-refractivity contribution in [2.24, 2.45) is 0 Å². The molecule has 0 N–H and O–H groups in total. The fourth-order valence-electron chi connectivity index (χ4n) is 0.878. The molecule has 2 heteroatoms. The fraction of sp³-hybridized carbons (Fsp3) is 0.333. The van der Waals surface area contributed by atoms with Gasteiger partial charge in [0.2, 0.25) is 0 Å². The van der Waals surface area contributed by atoms with E-state index in [0.717, 1.165) is 13.0 Å². The Bertz CT molecular complexity index is 186. The normalized spacial score (nSPS) is 10.3. The van der Waals surface area contributed by atoms with Crippen LogP contribution in [-0.2, 0) is 9.49 Å². The van der Waals surface area contributed by atoms with Crippen molar-refractivity contribution in [3.8, 4) is 0 Å². The van der Waals surface area contributed by atoms with Gasteiger partial charge in [-0.2, -0.15) is 0 Å². The van der Waals surface area contributed by atoms with Crippen LogP contribution in [0.1, 0.15) is 5.56 Å². The number of hydrogen-bond acceptors (Lipinski definition) is 1. The van der Waals surface area contributed by atoms with Gasteiger partial charge in [-0.25, -0.2) is 0 Å². The fourth-order valence-corrected chi connectivity index (χ4v) is 1.54. The predicted molar refractivity (Wildman–Crippen MR) is 42.0 cm³/mol. The van der Waals surface area contributed by atoms with Crippen molar-refractivity contribution in [2.45, 2.75) is 6.42 Å². The molecule has 0 radical (unpaired) electrons. The van der Waals surface area contributed by atoms with Crippen molar-refractivity contribution < 1.29 is 24.7 Å². The van der Waals surface area contributed by atoms with Gasteiger partial charge >= 0.3 is 78.5 Å². The van der Waals surface area contributed by atoms with Crippen LogP contribution in [0.15, 0.2) is 30.3 Å². The van der Waals surface area contributed by atoms with Gasteiger partial charge in [0.25, 0.3) is 0 Å². The zero-order valence-electron chi connectivity index (χ0n) is 6.59. The van der Waals surface area contributed by atoms with Crippen LogP contribution in [-0.4, -0.2) is 11.5 Å². The summed E-state index contributed by atoms with van der Waals surface area (Å²) < 4.78 is 5.35. The second-order valence-corrected chi connectivity index (χ2v) is 3.71. The maximum atomic E-state index is 5.35. The van der Waals surface area contributed by atoms with Crippen molar-refractivity contribution in [3.63, 3.8) is 0 Å². The van der Waals surface area contributed by atoms with Crippen LogP contribution in [0, 0.1) is 0 Å². The van der Waals surface area contributed by atoms with Crippen LogP contribution >= 0.6 is 0 Å². The van der Waals surface area contributed by atoms with Gasteiger partial charge in [-0.1, -0.05) is 0 Å². The molecule has 0 aliphatic heterocycles. The summed E-state index contributed by atoms with van der Waals surface area (Å²) in [5.74, 6) is 0. The average molecular weight is 263 g/mol. The van der Waals surface area contributed by atoms with E-state index in [0.29, 0.717) is 0 Å². The van der Waals surface area contributed by atoms with Crippen LogP contribution in [0.2, 0.25) is 0 Å². The van der Waals surface area contributed by atoms with E-state index in [1.807, 2.05) is 6.07 Å². The Morgan fingerprint density at radius 1 is 1.27 bits per heavy atom. The minimum atomic E-state index is 0.00907. The van der Waals surface area contributed by atoms with Crippen LogP contribution in [0.5, 0.6) is 0 Å². The zero-order chi connectivity index (χ0) is 7.94. The number of halogens is 1. The molecule has 0 saturated carbocycles. The first-order valence-corrected chi connectivity index (χ1v) is 6.62. The standard InChI is InChI=1S/C9H12IO/c1-10-11-8-7-9-5-3-2-4-6-9/h2-6H,7-8H2,1H3/q-1. The summed E-state index contributed by atoms with van der Waals surface area (Å²) >= 11 is 0.00907. The number of hydrogen-bond donors (Lipinski definition) is 0. The van der Waals surface area contributed by atoms with E-state index in [1.165, 1.54) is 5.56 Å². The van der Waals surface area contributed by atoms with Crippen molar-refractivity contribution in [2.75, 3.05) is 11.5 Å². The van der Waals surface area contributed by atoms with E-state index in [1.54, 1.807) is 0 Å². The molecular formula is C9H12IO-. The molecule has 0 unspecified atom stereocenters. The quantitative estimate of drug-likeness (QED) is 0.380. The summed E-state index contributed by atoms with van der Waals surface area (Å²) in [5.41, 5.74) is 1.37. The minimum absolute atomic E-state index is 0.00907. The molecule has 0 atom stereocenters. The molecule has 11 heavy (non-hydrogen) atoms. The number of rotatable bonds is 4. The summed E-state index contributed by atoms with van der Waals surface area (Å²) in [6.45, 7) is 0.883. The van der Waals surface area contributed by atoms with Gasteiger partial charge < -0.3 is 0 Å². The van der Waals surface area contributed by atoms with E-state index in [-0.39, 0.29) is 21.6 Å². The second kappa shape index (κ2) is 5.55. The summed E-state index contributed by atoms with van der Waals surface area (Å²) in [7, 11) is 0. The van der Waals surface area contributed by atoms with Gasteiger partial charge in [0, 0.05) is 0 Å². The molecule has 0 aromatic heterocycles. The topological polar surface area (TPSA) is 9.23 Å². The summed E-state index contributed by atoms with van der Waals surface area (Å²) in [4.78, 5) is 2.13. The van der Waals surface area contributed by atoms with Crippen molar-refractivity contribution in [3.05, 3.63) is 35.9 Å². The van der Waals surface area contributed by atoms with Gasteiger partial charge in [-0.15, -0.1) is 0 Å². The summed E-state index contributed by atoms with van der Waals surface area (Å²) in [6, 6.07) is 10.4. The van der Waals surface area contributed by atoms with Crippen molar-refractivity contribution in [1.82, 2.24) is 0 Å². The third-order valence-corrected chi connectivity index (χ3v) is 2.48. The van der Waals surface area contributed by atoms with Gasteiger partial charge in [0.15, 0.2) is 0 Å². The third kappa shape index (κ3) is 3.72. The maximum absolute atomic E-state index is 5.35. The Morgan fingerprint density at radius 3 is 2.64 bits per heavy atom. The van der Waals surface area contributed by atoms with Crippen LogP contribution < -0.4 is 21.6 Å². The van der Waals surface area contributed by atoms with Gasteiger partial charge in [-0.05, 0) is 0 Å². The summed E-state index contributed by atoms with van der Waals surface area (Å²) in [6.07, 6.45) is 1.05. The van der Waals surface area contributed by atoms with Crippen LogP contribution in [0.4, 0.5) is 0 Å². The predicted octanol–water partition coefficient (Wildman–Crippen LogP) is -1.12. The van der Waals surface area contributed by atoms with E-state index in [2.05, 4.69) is 29.2 Å². The Morgan fingerprint density at radius 2 is 2.00 bits per heavy atom. The molecule has 0 spiro atoms. The summed E-state index contributed by atoms with van der Waals surface area (Å²) in [5, 5.41) is 0. The molecule has 0 aliphatic rings. The van der Waals surface area contributed by atoms with Gasteiger partial charge in [0.1, 0.15) is 0 Å². The molecule has 0 fully saturated rings. The average Bonchev–Trinajstić information content (AvgIpc) is 2.07. The monoisotopic (exact) mass is 263 g/mol.